The van der Waals surface area contributed by atoms with Gasteiger partial charge in [0.25, 0.3) is 0 Å². The summed E-state index contributed by atoms with van der Waals surface area (Å²) in [6.07, 6.45) is 1.22. The number of benzene rings is 2. The van der Waals surface area contributed by atoms with Crippen molar-refractivity contribution in [3.05, 3.63) is 65.7 Å². The average molecular weight is 529 g/mol. The maximum atomic E-state index is 13.8. The Morgan fingerprint density at radius 1 is 1.00 bits per heavy atom. The van der Waals surface area contributed by atoms with Crippen LogP contribution in [0.4, 0.5) is 4.79 Å². The number of hydrogen-bond acceptors (Lipinski definition) is 5. The van der Waals surface area contributed by atoms with Gasteiger partial charge >= 0.3 is 6.03 Å². The maximum Gasteiger partial charge on any atom is 0.330 e. The number of nitrogens with zero attached hydrogens (tertiary/aromatic N) is 2. The molecule has 1 aliphatic heterocycles. The van der Waals surface area contributed by atoms with Gasteiger partial charge in [0.15, 0.2) is 14.3 Å². The zero-order valence-corrected chi connectivity index (χ0v) is 23.9. The third kappa shape index (κ3) is 5.78. The van der Waals surface area contributed by atoms with E-state index in [2.05, 4.69) is 0 Å². The van der Waals surface area contributed by atoms with Crippen molar-refractivity contribution in [2.75, 3.05) is 13.2 Å². The second kappa shape index (κ2) is 12.7. The summed E-state index contributed by atoms with van der Waals surface area (Å²) in [4.78, 5) is 30.4. The molecule has 0 bridgehead atoms. The fourth-order valence-corrected chi connectivity index (χ4v) is 6.00. The molecule has 3 amide bonds. The second-order valence-corrected chi connectivity index (χ2v) is 11.4. The van der Waals surface area contributed by atoms with Gasteiger partial charge in [0.2, 0.25) is 5.91 Å². The van der Waals surface area contributed by atoms with E-state index in [9.17, 15) is 14.2 Å². The van der Waals surface area contributed by atoms with E-state index in [0.29, 0.717) is 31.7 Å². The van der Waals surface area contributed by atoms with Gasteiger partial charge in [-0.3, -0.25) is 9.36 Å². The van der Waals surface area contributed by atoms with Crippen LogP contribution in [-0.4, -0.2) is 41.1 Å². The van der Waals surface area contributed by atoms with Gasteiger partial charge in [-0.2, -0.15) is 0 Å². The standard InChI is InChI=1S/C29H41N2O5P/c1-7-20-30(21(5)23-14-12-11-13-15-23)28(33)31-26(32)29(8-2,9-3)27(31)36-25-18-16-24(17-19-25)22(6)37(34)35-10-4/h11-19,21-22,27,37H,7-10,20H2,1-6H3/t21-,22?,27+/m1/s1. The lowest BCUT2D eigenvalue weighted by Crippen LogP contribution is -2.74. The highest BCUT2D eigenvalue weighted by Crippen LogP contribution is 2.47. The van der Waals surface area contributed by atoms with Gasteiger partial charge in [-0.25, -0.2) is 9.69 Å². The first-order valence-electron chi connectivity index (χ1n) is 13.4. The highest BCUT2D eigenvalue weighted by Gasteiger charge is 2.63. The van der Waals surface area contributed by atoms with E-state index in [1.165, 1.54) is 4.90 Å². The van der Waals surface area contributed by atoms with Crippen LogP contribution in [0.15, 0.2) is 54.6 Å². The Morgan fingerprint density at radius 2 is 1.62 bits per heavy atom. The van der Waals surface area contributed by atoms with Gasteiger partial charge in [0, 0.05) is 6.54 Å². The normalized spacial score (nSPS) is 19.0. The summed E-state index contributed by atoms with van der Waals surface area (Å²) < 4.78 is 24.0. The molecule has 7 nitrogen and oxygen atoms in total. The number of hydrogen-bond donors (Lipinski definition) is 0. The summed E-state index contributed by atoms with van der Waals surface area (Å²) in [6, 6.07) is 16.7. The predicted molar refractivity (Wildman–Crippen MR) is 147 cm³/mol. The number of carbonyl (C=O) groups is 2. The van der Waals surface area contributed by atoms with Gasteiger partial charge in [-0.05, 0) is 63.3 Å². The molecule has 0 aromatic heterocycles. The number of likely N-dealkylation sites (tertiary alicyclic amines) is 1. The smallest absolute Gasteiger partial charge is 0.330 e. The molecule has 1 saturated heterocycles. The Morgan fingerprint density at radius 3 is 2.16 bits per heavy atom. The number of urea groups is 1. The lowest BCUT2D eigenvalue weighted by Gasteiger charge is -2.54. The van der Waals surface area contributed by atoms with Gasteiger partial charge in [0.1, 0.15) is 11.2 Å². The van der Waals surface area contributed by atoms with Crippen LogP contribution in [0.3, 0.4) is 0 Å². The van der Waals surface area contributed by atoms with Crippen LogP contribution in [-0.2, 0) is 13.9 Å². The summed E-state index contributed by atoms with van der Waals surface area (Å²) in [5.41, 5.74) is 0.943. The maximum absolute atomic E-state index is 13.8. The van der Waals surface area contributed by atoms with E-state index < -0.39 is 19.7 Å². The Balaban J connectivity index is 1.87. The van der Waals surface area contributed by atoms with Crippen molar-refractivity contribution < 1.29 is 23.4 Å². The van der Waals surface area contributed by atoms with Crippen LogP contribution in [0.1, 0.15) is 83.6 Å². The van der Waals surface area contributed by atoms with Crippen molar-refractivity contribution in [2.24, 2.45) is 5.41 Å². The highest BCUT2D eigenvalue weighted by atomic mass is 31.1. The van der Waals surface area contributed by atoms with Gasteiger partial charge in [-0.15, -0.1) is 0 Å². The van der Waals surface area contributed by atoms with Gasteiger partial charge in [0.05, 0.1) is 18.3 Å². The third-order valence-electron chi connectivity index (χ3n) is 7.55. The summed E-state index contributed by atoms with van der Waals surface area (Å²) >= 11 is 0. The number of ether oxygens (including phenoxy) is 1. The van der Waals surface area contributed by atoms with Crippen molar-refractivity contribution >= 4 is 20.0 Å². The Bertz CT molecular complexity index is 1070. The SMILES string of the molecule is CCCN(C(=O)N1C(=O)C(CC)(CC)[C@@H]1Oc1ccc(C(C)[PH](=O)OCC)cc1)[C@H](C)c1ccccc1. The molecule has 202 valence electrons. The molecule has 3 rings (SSSR count). The van der Waals surface area contributed by atoms with Crippen LogP contribution in [0.2, 0.25) is 0 Å². The molecule has 0 aliphatic carbocycles. The van der Waals surface area contributed by atoms with Crippen LogP contribution >= 0.6 is 8.03 Å². The molecule has 1 aliphatic rings. The van der Waals surface area contributed by atoms with Crippen LogP contribution in [0.5, 0.6) is 5.75 Å². The average Bonchev–Trinajstić information content (AvgIpc) is 2.92. The van der Waals surface area contributed by atoms with E-state index in [4.69, 9.17) is 9.26 Å². The van der Waals surface area contributed by atoms with Crippen LogP contribution < -0.4 is 4.74 Å². The number of amides is 3. The van der Waals surface area contributed by atoms with Crippen molar-refractivity contribution in [2.45, 2.75) is 78.7 Å². The summed E-state index contributed by atoms with van der Waals surface area (Å²) in [5, 5.41) is 0. The van der Waals surface area contributed by atoms with Crippen molar-refractivity contribution in [3.63, 3.8) is 0 Å². The van der Waals surface area contributed by atoms with Crippen molar-refractivity contribution in [3.8, 4) is 5.75 Å². The number of imide groups is 1. The fourth-order valence-electron chi connectivity index (χ4n) is 5.00. The number of β-lactam (4-membered cyclic amide) rings is 1. The van der Waals surface area contributed by atoms with E-state index in [1.54, 1.807) is 4.90 Å². The van der Waals surface area contributed by atoms with E-state index in [1.807, 2.05) is 96.1 Å². The van der Waals surface area contributed by atoms with Crippen molar-refractivity contribution in [1.29, 1.82) is 0 Å². The first-order valence-corrected chi connectivity index (χ1v) is 14.8. The molecule has 1 fully saturated rings. The number of rotatable bonds is 12. The molecule has 1 heterocycles. The first kappa shape index (κ1) is 28.9. The van der Waals surface area contributed by atoms with Gasteiger partial charge < -0.3 is 14.2 Å². The topological polar surface area (TPSA) is 76.2 Å². The van der Waals surface area contributed by atoms with E-state index in [-0.39, 0.29) is 23.6 Å². The summed E-state index contributed by atoms with van der Waals surface area (Å²) in [7, 11) is -2.19. The largest absolute Gasteiger partial charge is 0.469 e. The lowest BCUT2D eigenvalue weighted by atomic mass is 9.72. The van der Waals surface area contributed by atoms with Crippen LogP contribution in [0.25, 0.3) is 0 Å². The van der Waals surface area contributed by atoms with Gasteiger partial charge in [-0.1, -0.05) is 63.2 Å². The Kier molecular flexibility index (Phi) is 9.97. The predicted octanol–water partition coefficient (Wildman–Crippen LogP) is 7.21. The molecule has 37 heavy (non-hydrogen) atoms. The molecule has 2 aromatic rings. The van der Waals surface area contributed by atoms with E-state index >= 15 is 0 Å². The zero-order valence-electron chi connectivity index (χ0n) is 22.9. The molecular weight excluding hydrogens is 487 g/mol. The Hall–Kier alpha value is -2.63. The first-order chi connectivity index (χ1) is 17.7. The van der Waals surface area contributed by atoms with Crippen LogP contribution in [0, 0.1) is 5.41 Å². The van der Waals surface area contributed by atoms with Crippen molar-refractivity contribution in [1.82, 2.24) is 9.80 Å². The minimum Gasteiger partial charge on any atom is -0.469 e. The molecule has 8 heteroatoms. The molecular formula is C29H41N2O5P. The zero-order chi connectivity index (χ0) is 27.2. The molecule has 2 unspecified atom stereocenters. The lowest BCUT2D eigenvalue weighted by molar-refractivity contribution is -0.192. The third-order valence-corrected chi connectivity index (χ3v) is 9.16. The quantitative estimate of drug-likeness (QED) is 0.215. The molecule has 2 aromatic carbocycles. The molecule has 0 N–H and O–H groups in total. The molecule has 0 spiro atoms. The number of carbonyl (C=O) groups excluding carboxylic acids is 2. The second-order valence-electron chi connectivity index (χ2n) is 9.61. The highest BCUT2D eigenvalue weighted by molar-refractivity contribution is 7.39. The summed E-state index contributed by atoms with van der Waals surface area (Å²) in [6.45, 7) is 12.6. The van der Waals surface area contributed by atoms with E-state index in [0.717, 1.165) is 17.5 Å². The molecule has 0 saturated carbocycles. The minimum atomic E-state index is -2.19. The molecule has 0 radical (unpaired) electrons. The Labute approximate surface area is 222 Å². The summed E-state index contributed by atoms with van der Waals surface area (Å²) in [5.74, 6) is 0.376. The monoisotopic (exact) mass is 528 g/mol. The minimum absolute atomic E-state index is 0.186. The fraction of sp³-hybridized carbons (Fsp3) is 0.517. The molecule has 4 atom stereocenters.